The highest BCUT2D eigenvalue weighted by Crippen LogP contribution is 2.25. The van der Waals surface area contributed by atoms with E-state index in [1.54, 1.807) is 0 Å². The summed E-state index contributed by atoms with van der Waals surface area (Å²) in [6.07, 6.45) is 11.2. The van der Waals surface area contributed by atoms with Crippen LogP contribution in [0.15, 0.2) is 36.5 Å². The molecule has 1 unspecified atom stereocenters. The number of benzene rings is 1. The summed E-state index contributed by atoms with van der Waals surface area (Å²) in [5.41, 5.74) is 1.20. The van der Waals surface area contributed by atoms with E-state index < -0.39 is 0 Å². The number of hydrogen-bond acceptors (Lipinski definition) is 2. The first-order chi connectivity index (χ1) is 10.4. The van der Waals surface area contributed by atoms with Crippen molar-refractivity contribution in [3.8, 4) is 0 Å². The molecule has 2 rings (SSSR count). The molecule has 0 saturated heterocycles. The third kappa shape index (κ3) is 4.53. The molecule has 0 aliphatic rings. The third-order valence-corrected chi connectivity index (χ3v) is 4.23. The zero-order chi connectivity index (χ0) is 14.9. The highest BCUT2D eigenvalue weighted by molar-refractivity contribution is 5.84. The second-order valence-corrected chi connectivity index (χ2v) is 5.82. The van der Waals surface area contributed by atoms with Gasteiger partial charge in [-0.05, 0) is 24.9 Å². The molecule has 0 spiro atoms. The second kappa shape index (κ2) is 8.78. The van der Waals surface area contributed by atoms with Gasteiger partial charge in [-0.25, -0.2) is 0 Å². The topological polar surface area (TPSA) is 24.9 Å². The van der Waals surface area contributed by atoms with Gasteiger partial charge in [0, 0.05) is 17.6 Å². The van der Waals surface area contributed by atoms with E-state index in [-0.39, 0.29) is 0 Å². The molecule has 0 saturated carbocycles. The van der Waals surface area contributed by atoms with Crippen molar-refractivity contribution in [1.82, 2.24) is 10.3 Å². The van der Waals surface area contributed by atoms with E-state index in [9.17, 15) is 0 Å². The molecule has 1 aromatic carbocycles. The van der Waals surface area contributed by atoms with E-state index >= 15 is 0 Å². The summed E-state index contributed by atoms with van der Waals surface area (Å²) in [5.74, 6) is 0. The SMILES string of the molecule is CCCCCCCCC(NC)c1nccc2ccccc12. The van der Waals surface area contributed by atoms with E-state index in [2.05, 4.69) is 47.6 Å². The summed E-state index contributed by atoms with van der Waals surface area (Å²) in [5, 5.41) is 6.02. The predicted molar refractivity (Wildman–Crippen MR) is 91.5 cm³/mol. The number of aromatic nitrogens is 1. The summed E-state index contributed by atoms with van der Waals surface area (Å²) in [6, 6.07) is 11.0. The maximum Gasteiger partial charge on any atom is 0.0651 e. The predicted octanol–water partition coefficient (Wildman–Crippen LogP) is 5.25. The lowest BCUT2D eigenvalue weighted by Gasteiger charge is -2.17. The highest BCUT2D eigenvalue weighted by Gasteiger charge is 2.13. The summed E-state index contributed by atoms with van der Waals surface area (Å²) in [4.78, 5) is 4.64. The minimum absolute atomic E-state index is 0.363. The quantitative estimate of drug-likeness (QED) is 0.636. The minimum atomic E-state index is 0.363. The van der Waals surface area contributed by atoms with Crippen molar-refractivity contribution in [3.05, 3.63) is 42.2 Å². The molecule has 0 bridgehead atoms. The lowest BCUT2D eigenvalue weighted by molar-refractivity contribution is 0.492. The molecule has 2 heteroatoms. The fourth-order valence-corrected chi connectivity index (χ4v) is 2.97. The van der Waals surface area contributed by atoms with Crippen LogP contribution in [0.4, 0.5) is 0 Å². The molecule has 0 aliphatic heterocycles. The minimum Gasteiger partial charge on any atom is -0.312 e. The molecule has 2 aromatic rings. The first-order valence-corrected chi connectivity index (χ1v) is 8.37. The first kappa shape index (κ1) is 16.0. The van der Waals surface area contributed by atoms with Crippen molar-refractivity contribution >= 4 is 10.8 Å². The molecule has 0 fully saturated rings. The maximum atomic E-state index is 4.64. The Balaban J connectivity index is 1.96. The molecule has 2 nitrogen and oxygen atoms in total. The number of rotatable bonds is 9. The van der Waals surface area contributed by atoms with Gasteiger partial charge in [-0.1, -0.05) is 69.7 Å². The summed E-state index contributed by atoms with van der Waals surface area (Å²) < 4.78 is 0. The normalized spacial score (nSPS) is 12.7. The van der Waals surface area contributed by atoms with Crippen LogP contribution in [0, 0.1) is 0 Å². The van der Waals surface area contributed by atoms with Crippen molar-refractivity contribution in [3.63, 3.8) is 0 Å². The Morgan fingerprint density at radius 3 is 2.57 bits per heavy atom. The van der Waals surface area contributed by atoms with E-state index in [4.69, 9.17) is 0 Å². The standard InChI is InChI=1S/C19H28N2/c1-3-4-5-6-7-8-13-18(20-2)19-17-12-10-9-11-16(17)14-15-21-19/h9-12,14-15,18,20H,3-8,13H2,1-2H3. The highest BCUT2D eigenvalue weighted by atomic mass is 14.9. The van der Waals surface area contributed by atoms with Crippen LogP contribution in [0.3, 0.4) is 0 Å². The number of nitrogens with zero attached hydrogens (tertiary/aromatic N) is 1. The fraction of sp³-hybridized carbons (Fsp3) is 0.526. The largest absolute Gasteiger partial charge is 0.312 e. The zero-order valence-corrected chi connectivity index (χ0v) is 13.4. The van der Waals surface area contributed by atoms with Gasteiger partial charge in [-0.3, -0.25) is 4.98 Å². The van der Waals surface area contributed by atoms with Gasteiger partial charge in [0.15, 0.2) is 0 Å². The molecule has 0 aliphatic carbocycles. The Morgan fingerprint density at radius 2 is 1.76 bits per heavy atom. The van der Waals surface area contributed by atoms with E-state index in [1.165, 1.54) is 61.4 Å². The van der Waals surface area contributed by atoms with Gasteiger partial charge in [-0.15, -0.1) is 0 Å². The van der Waals surface area contributed by atoms with Crippen molar-refractivity contribution in [1.29, 1.82) is 0 Å². The van der Waals surface area contributed by atoms with Gasteiger partial charge >= 0.3 is 0 Å². The van der Waals surface area contributed by atoms with Crippen LogP contribution in [-0.2, 0) is 0 Å². The van der Waals surface area contributed by atoms with Crippen molar-refractivity contribution in [2.24, 2.45) is 0 Å². The average molecular weight is 284 g/mol. The molecular weight excluding hydrogens is 256 g/mol. The fourth-order valence-electron chi connectivity index (χ4n) is 2.97. The maximum absolute atomic E-state index is 4.64. The summed E-state index contributed by atoms with van der Waals surface area (Å²) >= 11 is 0. The number of hydrogen-bond donors (Lipinski definition) is 1. The van der Waals surface area contributed by atoms with Gasteiger partial charge in [0.1, 0.15) is 0 Å². The molecule has 0 amide bonds. The van der Waals surface area contributed by atoms with Crippen LogP contribution in [0.1, 0.15) is 63.6 Å². The van der Waals surface area contributed by atoms with Crippen LogP contribution in [0.2, 0.25) is 0 Å². The van der Waals surface area contributed by atoms with Crippen LogP contribution >= 0.6 is 0 Å². The van der Waals surface area contributed by atoms with E-state index in [0.717, 1.165) is 0 Å². The molecule has 1 heterocycles. The number of nitrogens with one attached hydrogen (secondary N) is 1. The molecule has 0 radical (unpaired) electrons. The Labute approximate surface area is 129 Å². The Bertz CT molecular complexity index is 531. The van der Waals surface area contributed by atoms with Gasteiger partial charge < -0.3 is 5.32 Å². The van der Waals surface area contributed by atoms with Crippen molar-refractivity contribution < 1.29 is 0 Å². The Morgan fingerprint density at radius 1 is 1.00 bits per heavy atom. The lowest BCUT2D eigenvalue weighted by atomic mass is 9.99. The van der Waals surface area contributed by atoms with Gasteiger partial charge in [-0.2, -0.15) is 0 Å². The zero-order valence-electron chi connectivity index (χ0n) is 13.4. The van der Waals surface area contributed by atoms with Crippen LogP contribution in [-0.4, -0.2) is 12.0 Å². The van der Waals surface area contributed by atoms with Gasteiger partial charge in [0.25, 0.3) is 0 Å². The summed E-state index contributed by atoms with van der Waals surface area (Å²) in [7, 11) is 2.05. The number of fused-ring (bicyclic) bond motifs is 1. The van der Waals surface area contributed by atoms with Crippen molar-refractivity contribution in [2.75, 3.05) is 7.05 Å². The lowest BCUT2D eigenvalue weighted by Crippen LogP contribution is -2.18. The van der Waals surface area contributed by atoms with Crippen molar-refractivity contribution in [2.45, 2.75) is 57.9 Å². The number of pyridine rings is 1. The van der Waals surface area contributed by atoms with E-state index in [1.807, 2.05) is 13.2 Å². The molecular formula is C19H28N2. The number of unbranched alkanes of at least 4 members (excludes halogenated alkanes) is 5. The molecule has 1 N–H and O–H groups in total. The molecule has 114 valence electrons. The smallest absolute Gasteiger partial charge is 0.0651 e. The van der Waals surface area contributed by atoms with Crippen LogP contribution in [0.25, 0.3) is 10.8 Å². The second-order valence-electron chi connectivity index (χ2n) is 5.82. The first-order valence-electron chi connectivity index (χ1n) is 8.37. The molecule has 21 heavy (non-hydrogen) atoms. The third-order valence-electron chi connectivity index (χ3n) is 4.23. The molecule has 1 atom stereocenters. The monoisotopic (exact) mass is 284 g/mol. The summed E-state index contributed by atoms with van der Waals surface area (Å²) in [6.45, 7) is 2.27. The van der Waals surface area contributed by atoms with Gasteiger partial charge in [0.05, 0.1) is 5.69 Å². The van der Waals surface area contributed by atoms with Crippen LogP contribution < -0.4 is 5.32 Å². The van der Waals surface area contributed by atoms with E-state index in [0.29, 0.717) is 6.04 Å². The molecule has 1 aromatic heterocycles. The average Bonchev–Trinajstić information content (AvgIpc) is 2.54. The Hall–Kier alpha value is -1.41. The van der Waals surface area contributed by atoms with Crippen LogP contribution in [0.5, 0.6) is 0 Å². The Kier molecular flexibility index (Phi) is 6.68. The van der Waals surface area contributed by atoms with Gasteiger partial charge in [0.2, 0.25) is 0 Å².